The third-order valence-corrected chi connectivity index (χ3v) is 4.40. The van der Waals surface area contributed by atoms with Crippen molar-refractivity contribution in [1.29, 1.82) is 0 Å². The molecule has 1 aromatic carbocycles. The summed E-state index contributed by atoms with van der Waals surface area (Å²) in [4.78, 5) is 6.51. The minimum absolute atomic E-state index is 0.398. The first kappa shape index (κ1) is 21.6. The largest absolute Gasteiger partial charge is 0.497 e. The van der Waals surface area contributed by atoms with Crippen LogP contribution in [0.2, 0.25) is 0 Å². The molecule has 1 aromatic heterocycles. The molecule has 0 spiro atoms. The van der Waals surface area contributed by atoms with Crippen molar-refractivity contribution in [3.05, 3.63) is 41.7 Å². The minimum Gasteiger partial charge on any atom is -0.497 e. The Morgan fingerprint density at radius 1 is 1.25 bits per heavy atom. The number of hydrogen-bond donors (Lipinski definition) is 1. The van der Waals surface area contributed by atoms with Crippen LogP contribution in [0.1, 0.15) is 37.4 Å². The van der Waals surface area contributed by atoms with Crippen molar-refractivity contribution in [2.75, 3.05) is 34.4 Å². The molecular weight excluding hydrogens is 354 g/mol. The van der Waals surface area contributed by atoms with Crippen LogP contribution in [0, 0.1) is 0 Å². The average molecular weight is 388 g/mol. The molecule has 0 aliphatic heterocycles. The summed E-state index contributed by atoms with van der Waals surface area (Å²) in [5.74, 6) is 2.94. The van der Waals surface area contributed by atoms with E-state index in [0.717, 1.165) is 42.7 Å². The Morgan fingerprint density at radius 3 is 2.54 bits per heavy atom. The molecule has 0 aliphatic rings. The van der Waals surface area contributed by atoms with Crippen molar-refractivity contribution in [3.8, 4) is 11.5 Å². The lowest BCUT2D eigenvalue weighted by Crippen LogP contribution is -2.39. The number of aryl methyl sites for hydroxylation is 1. The van der Waals surface area contributed by atoms with Gasteiger partial charge in [0.05, 0.1) is 19.4 Å². The highest BCUT2D eigenvalue weighted by Crippen LogP contribution is 2.19. The van der Waals surface area contributed by atoms with Crippen LogP contribution in [0.5, 0.6) is 11.5 Å². The molecule has 7 nitrogen and oxygen atoms in total. The molecule has 2 rings (SSSR count). The Morgan fingerprint density at radius 2 is 1.93 bits per heavy atom. The number of aromatic nitrogens is 2. The number of methoxy groups -OCH3 is 1. The van der Waals surface area contributed by atoms with Crippen molar-refractivity contribution in [3.63, 3.8) is 0 Å². The van der Waals surface area contributed by atoms with Gasteiger partial charge in [-0.2, -0.15) is 5.10 Å². The van der Waals surface area contributed by atoms with Crippen molar-refractivity contribution in [2.24, 2.45) is 12.0 Å². The fraction of sp³-hybridized carbons (Fsp3) is 0.524. The molecule has 28 heavy (non-hydrogen) atoms. The highest BCUT2D eigenvalue weighted by Gasteiger charge is 2.14. The molecule has 154 valence electrons. The normalized spacial score (nSPS) is 11.6. The third kappa shape index (κ3) is 6.18. The van der Waals surface area contributed by atoms with Gasteiger partial charge in [0.25, 0.3) is 0 Å². The van der Waals surface area contributed by atoms with E-state index in [9.17, 15) is 0 Å². The molecule has 0 saturated heterocycles. The van der Waals surface area contributed by atoms with Crippen LogP contribution in [0.4, 0.5) is 0 Å². The van der Waals surface area contributed by atoms with Crippen molar-refractivity contribution in [2.45, 2.75) is 32.7 Å². The lowest BCUT2D eigenvalue weighted by atomic mass is 10.1. The van der Waals surface area contributed by atoms with Crippen molar-refractivity contribution >= 4 is 5.96 Å². The molecule has 0 bridgehead atoms. The number of guanidine groups is 1. The van der Waals surface area contributed by atoms with Crippen LogP contribution >= 0.6 is 0 Å². The van der Waals surface area contributed by atoms with Gasteiger partial charge in [0.2, 0.25) is 0 Å². The zero-order valence-electron chi connectivity index (χ0n) is 17.9. The second kappa shape index (κ2) is 10.6. The Bertz CT molecular complexity index is 753. The zero-order chi connectivity index (χ0) is 20.5. The van der Waals surface area contributed by atoms with E-state index in [2.05, 4.69) is 40.4 Å². The fourth-order valence-corrected chi connectivity index (χ4v) is 3.01. The van der Waals surface area contributed by atoms with Crippen molar-refractivity contribution < 1.29 is 9.47 Å². The smallest absolute Gasteiger partial charge is 0.193 e. The standard InChI is InChI=1S/C21H33N5O2/c1-16(2)20-17(15-26(5)24-20)14-25(4)21(22-3)23-12-7-13-28-19-10-8-18(27-6)9-11-19/h8-11,15-16H,7,12-14H2,1-6H3,(H,22,23). The van der Waals surface area contributed by atoms with E-state index in [1.54, 1.807) is 14.2 Å². The highest BCUT2D eigenvalue weighted by atomic mass is 16.5. The number of rotatable bonds is 9. The van der Waals surface area contributed by atoms with Gasteiger partial charge in [-0.3, -0.25) is 9.67 Å². The lowest BCUT2D eigenvalue weighted by Gasteiger charge is -2.22. The Hall–Kier alpha value is -2.70. The summed E-state index contributed by atoms with van der Waals surface area (Å²) >= 11 is 0. The Kier molecular flexibility index (Phi) is 8.17. The van der Waals surface area contributed by atoms with Crippen LogP contribution in [-0.4, -0.2) is 55.0 Å². The van der Waals surface area contributed by atoms with Crippen molar-refractivity contribution in [1.82, 2.24) is 20.0 Å². The first-order valence-electron chi connectivity index (χ1n) is 9.65. The number of nitrogens with zero attached hydrogens (tertiary/aromatic N) is 4. The molecule has 0 fully saturated rings. The maximum atomic E-state index is 5.76. The third-order valence-electron chi connectivity index (χ3n) is 4.40. The van der Waals surface area contributed by atoms with E-state index < -0.39 is 0 Å². The lowest BCUT2D eigenvalue weighted by molar-refractivity contribution is 0.309. The maximum absolute atomic E-state index is 5.76. The molecule has 2 aromatic rings. The predicted octanol–water partition coefficient (Wildman–Crippen LogP) is 3.03. The monoisotopic (exact) mass is 387 g/mol. The summed E-state index contributed by atoms with van der Waals surface area (Å²) in [7, 11) is 7.47. The quantitative estimate of drug-likeness (QED) is 0.407. The van der Waals surface area contributed by atoms with Gasteiger partial charge in [-0.05, 0) is 36.6 Å². The van der Waals surface area contributed by atoms with Gasteiger partial charge in [0.1, 0.15) is 11.5 Å². The van der Waals surface area contributed by atoms with E-state index in [1.165, 1.54) is 5.56 Å². The molecule has 0 unspecified atom stereocenters. The SMILES string of the molecule is CN=C(NCCCOc1ccc(OC)cc1)N(C)Cc1cn(C)nc1C(C)C. The molecule has 7 heteroatoms. The molecule has 0 saturated carbocycles. The van der Waals surface area contributed by atoms with Gasteiger partial charge in [0.15, 0.2) is 5.96 Å². The van der Waals surface area contributed by atoms with E-state index in [4.69, 9.17) is 9.47 Å². The number of ether oxygens (including phenoxy) is 2. The van der Waals surface area contributed by atoms with E-state index in [0.29, 0.717) is 12.5 Å². The summed E-state index contributed by atoms with van der Waals surface area (Å²) in [6, 6.07) is 7.63. The van der Waals surface area contributed by atoms with Crippen LogP contribution in [-0.2, 0) is 13.6 Å². The molecular formula is C21H33N5O2. The Labute approximate surface area is 168 Å². The van der Waals surface area contributed by atoms with Crippen LogP contribution in [0.3, 0.4) is 0 Å². The maximum Gasteiger partial charge on any atom is 0.193 e. The van der Waals surface area contributed by atoms with Gasteiger partial charge < -0.3 is 19.7 Å². The van der Waals surface area contributed by atoms with Crippen LogP contribution in [0.25, 0.3) is 0 Å². The summed E-state index contributed by atoms with van der Waals surface area (Å²) in [6.07, 6.45) is 2.96. The number of aliphatic imine (C=N–C) groups is 1. The van der Waals surface area contributed by atoms with Crippen LogP contribution in [0.15, 0.2) is 35.5 Å². The number of hydrogen-bond acceptors (Lipinski definition) is 4. The highest BCUT2D eigenvalue weighted by molar-refractivity contribution is 5.79. The summed E-state index contributed by atoms with van der Waals surface area (Å²) < 4.78 is 12.8. The zero-order valence-corrected chi connectivity index (χ0v) is 17.9. The molecule has 1 N–H and O–H groups in total. The second-order valence-corrected chi connectivity index (χ2v) is 7.08. The first-order chi connectivity index (χ1) is 13.4. The second-order valence-electron chi connectivity index (χ2n) is 7.08. The van der Waals surface area contributed by atoms with Gasteiger partial charge in [-0.15, -0.1) is 0 Å². The fourth-order valence-electron chi connectivity index (χ4n) is 3.01. The molecule has 1 heterocycles. The van der Waals surface area contributed by atoms with E-state index in [-0.39, 0.29) is 0 Å². The Balaban J connectivity index is 1.77. The van der Waals surface area contributed by atoms with E-state index in [1.807, 2.05) is 43.0 Å². The number of nitrogens with one attached hydrogen (secondary N) is 1. The summed E-state index contributed by atoms with van der Waals surface area (Å²) in [5.41, 5.74) is 2.36. The van der Waals surface area contributed by atoms with Gasteiger partial charge >= 0.3 is 0 Å². The average Bonchev–Trinajstić information content (AvgIpc) is 3.05. The molecule has 0 atom stereocenters. The van der Waals surface area contributed by atoms with Gasteiger partial charge in [-0.1, -0.05) is 13.8 Å². The molecule has 0 aliphatic carbocycles. The van der Waals surface area contributed by atoms with Gasteiger partial charge in [0, 0.05) is 46.0 Å². The van der Waals surface area contributed by atoms with E-state index >= 15 is 0 Å². The number of benzene rings is 1. The first-order valence-corrected chi connectivity index (χ1v) is 9.65. The topological polar surface area (TPSA) is 63.9 Å². The molecule has 0 radical (unpaired) electrons. The molecule has 0 amide bonds. The summed E-state index contributed by atoms with van der Waals surface area (Å²) in [6.45, 7) is 6.53. The minimum atomic E-state index is 0.398. The van der Waals surface area contributed by atoms with Gasteiger partial charge in [-0.25, -0.2) is 0 Å². The summed E-state index contributed by atoms with van der Waals surface area (Å²) in [5, 5.41) is 7.98. The predicted molar refractivity (Wildman–Crippen MR) is 113 cm³/mol. The van der Waals surface area contributed by atoms with Crippen LogP contribution < -0.4 is 14.8 Å².